The fourth-order valence-corrected chi connectivity index (χ4v) is 2.81. The van der Waals surface area contributed by atoms with Gasteiger partial charge < -0.3 is 9.47 Å². The van der Waals surface area contributed by atoms with E-state index in [-0.39, 0.29) is 23.8 Å². The first-order valence-electron chi connectivity index (χ1n) is 9.95. The van der Waals surface area contributed by atoms with Crippen molar-refractivity contribution in [1.29, 1.82) is 0 Å². The lowest BCUT2D eigenvalue weighted by Gasteiger charge is -2.24. The van der Waals surface area contributed by atoms with Gasteiger partial charge in [-0.1, -0.05) is 66.2 Å². The Hall–Kier alpha value is -1.06. The van der Waals surface area contributed by atoms with Gasteiger partial charge in [-0.3, -0.25) is 9.59 Å². The average Bonchev–Trinajstić information content (AvgIpc) is 2.59. The first-order chi connectivity index (χ1) is 11.6. The SMILES string of the molecule is CCCCCC(C(=O)OCCC)C(CCCCC)C(=O)OCCC. The fraction of sp³-hybridized carbons (Fsp3) is 0.900. The molecule has 0 spiro atoms. The molecule has 0 aliphatic carbocycles. The molecule has 4 heteroatoms. The molecule has 0 saturated carbocycles. The summed E-state index contributed by atoms with van der Waals surface area (Å²) in [5.74, 6) is -1.15. The van der Waals surface area contributed by atoms with Gasteiger partial charge in [0.2, 0.25) is 0 Å². The molecular formula is C20H38O4. The summed E-state index contributed by atoms with van der Waals surface area (Å²) in [5, 5.41) is 0. The number of carbonyl (C=O) groups excluding carboxylic acids is 2. The Kier molecular flexibility index (Phi) is 14.8. The zero-order valence-electron chi connectivity index (χ0n) is 16.3. The molecule has 2 atom stereocenters. The standard InChI is InChI=1S/C20H38O4/c1-5-9-11-13-17(19(21)23-15-7-3)18(14-12-10-6-2)20(22)24-16-8-4/h17-18H,5-16H2,1-4H3. The van der Waals surface area contributed by atoms with E-state index in [1.807, 2.05) is 13.8 Å². The van der Waals surface area contributed by atoms with Crippen molar-refractivity contribution >= 4 is 11.9 Å². The normalized spacial score (nSPS) is 13.3. The number of ether oxygens (including phenoxy) is 2. The van der Waals surface area contributed by atoms with Crippen molar-refractivity contribution in [3.63, 3.8) is 0 Å². The maximum atomic E-state index is 12.5. The topological polar surface area (TPSA) is 52.6 Å². The van der Waals surface area contributed by atoms with Crippen molar-refractivity contribution in [2.45, 2.75) is 91.9 Å². The lowest BCUT2D eigenvalue weighted by atomic mass is 9.84. The van der Waals surface area contributed by atoms with Gasteiger partial charge in [-0.2, -0.15) is 0 Å². The first-order valence-corrected chi connectivity index (χ1v) is 9.95. The van der Waals surface area contributed by atoms with E-state index in [0.29, 0.717) is 26.1 Å². The van der Waals surface area contributed by atoms with Gasteiger partial charge in [-0.15, -0.1) is 0 Å². The molecule has 24 heavy (non-hydrogen) atoms. The molecule has 0 saturated heterocycles. The summed E-state index contributed by atoms with van der Waals surface area (Å²) < 4.78 is 10.8. The van der Waals surface area contributed by atoms with Crippen molar-refractivity contribution in [1.82, 2.24) is 0 Å². The van der Waals surface area contributed by atoms with Crippen molar-refractivity contribution in [3.8, 4) is 0 Å². The minimum absolute atomic E-state index is 0.220. The molecule has 0 aromatic carbocycles. The van der Waals surface area contributed by atoms with Gasteiger partial charge in [0.25, 0.3) is 0 Å². The molecule has 4 nitrogen and oxygen atoms in total. The summed E-state index contributed by atoms with van der Waals surface area (Å²) in [6.07, 6.45) is 9.27. The van der Waals surface area contributed by atoms with Gasteiger partial charge in [-0.25, -0.2) is 0 Å². The van der Waals surface area contributed by atoms with Crippen molar-refractivity contribution < 1.29 is 19.1 Å². The predicted molar refractivity (Wildman–Crippen MR) is 97.8 cm³/mol. The third kappa shape index (κ3) is 9.94. The second-order valence-electron chi connectivity index (χ2n) is 6.54. The zero-order chi connectivity index (χ0) is 18.2. The molecule has 0 bridgehead atoms. The van der Waals surface area contributed by atoms with Crippen LogP contribution in [0.15, 0.2) is 0 Å². The molecule has 0 radical (unpaired) electrons. The van der Waals surface area contributed by atoms with Crippen molar-refractivity contribution in [2.24, 2.45) is 11.8 Å². The van der Waals surface area contributed by atoms with Crippen molar-refractivity contribution in [2.75, 3.05) is 13.2 Å². The van der Waals surface area contributed by atoms with Crippen LogP contribution in [0.1, 0.15) is 91.9 Å². The van der Waals surface area contributed by atoms with E-state index in [4.69, 9.17) is 9.47 Å². The highest BCUT2D eigenvalue weighted by atomic mass is 16.5. The summed E-state index contributed by atoms with van der Waals surface area (Å²) in [6.45, 7) is 9.09. The monoisotopic (exact) mass is 342 g/mol. The molecule has 142 valence electrons. The maximum Gasteiger partial charge on any atom is 0.309 e. The number of hydrogen-bond donors (Lipinski definition) is 0. The Labute approximate surface area is 148 Å². The van der Waals surface area contributed by atoms with Crippen LogP contribution >= 0.6 is 0 Å². The Bertz CT molecular complexity index is 296. The van der Waals surface area contributed by atoms with Crippen LogP contribution in [0.4, 0.5) is 0 Å². The third-order valence-electron chi connectivity index (χ3n) is 4.23. The smallest absolute Gasteiger partial charge is 0.309 e. The molecule has 0 amide bonds. The summed E-state index contributed by atoms with van der Waals surface area (Å²) in [7, 11) is 0. The van der Waals surface area contributed by atoms with Crippen LogP contribution < -0.4 is 0 Å². The minimum atomic E-state index is -0.357. The minimum Gasteiger partial charge on any atom is -0.465 e. The van der Waals surface area contributed by atoms with E-state index < -0.39 is 0 Å². The Morgan fingerprint density at radius 3 is 1.29 bits per heavy atom. The molecule has 0 fully saturated rings. The highest BCUT2D eigenvalue weighted by Crippen LogP contribution is 2.27. The quantitative estimate of drug-likeness (QED) is 0.300. The van der Waals surface area contributed by atoms with E-state index in [1.165, 1.54) is 0 Å². The Morgan fingerprint density at radius 2 is 1.00 bits per heavy atom. The number of carbonyl (C=O) groups is 2. The molecule has 0 heterocycles. The van der Waals surface area contributed by atoms with Crippen molar-refractivity contribution in [3.05, 3.63) is 0 Å². The van der Waals surface area contributed by atoms with Gasteiger partial charge >= 0.3 is 11.9 Å². The number of rotatable bonds is 15. The van der Waals surface area contributed by atoms with Gasteiger partial charge in [0.1, 0.15) is 0 Å². The third-order valence-corrected chi connectivity index (χ3v) is 4.23. The molecule has 2 unspecified atom stereocenters. The Morgan fingerprint density at radius 1 is 0.625 bits per heavy atom. The predicted octanol–water partition coefficient (Wildman–Crippen LogP) is 5.29. The van der Waals surface area contributed by atoms with E-state index in [9.17, 15) is 9.59 Å². The molecule has 0 aromatic heterocycles. The molecule has 0 aliphatic rings. The van der Waals surface area contributed by atoms with E-state index in [2.05, 4.69) is 13.8 Å². The maximum absolute atomic E-state index is 12.5. The van der Waals surface area contributed by atoms with Crippen LogP contribution in [-0.2, 0) is 19.1 Å². The van der Waals surface area contributed by atoms with E-state index >= 15 is 0 Å². The van der Waals surface area contributed by atoms with E-state index in [0.717, 1.165) is 51.4 Å². The highest BCUT2D eigenvalue weighted by Gasteiger charge is 2.35. The molecular weight excluding hydrogens is 304 g/mol. The largest absolute Gasteiger partial charge is 0.465 e. The fourth-order valence-electron chi connectivity index (χ4n) is 2.81. The summed E-state index contributed by atoms with van der Waals surface area (Å²) in [6, 6.07) is 0. The van der Waals surface area contributed by atoms with Crippen LogP contribution in [-0.4, -0.2) is 25.2 Å². The van der Waals surface area contributed by atoms with Crippen LogP contribution in [0, 0.1) is 11.8 Å². The number of unbranched alkanes of at least 4 members (excludes halogenated alkanes) is 4. The summed E-state index contributed by atoms with van der Waals surface area (Å²) >= 11 is 0. The van der Waals surface area contributed by atoms with Crippen LogP contribution in [0.25, 0.3) is 0 Å². The molecule has 0 aliphatic heterocycles. The lowest BCUT2D eigenvalue weighted by Crippen LogP contribution is -2.33. The van der Waals surface area contributed by atoms with Crippen LogP contribution in [0.5, 0.6) is 0 Å². The summed E-state index contributed by atoms with van der Waals surface area (Å²) in [5.41, 5.74) is 0. The zero-order valence-corrected chi connectivity index (χ0v) is 16.3. The van der Waals surface area contributed by atoms with Crippen LogP contribution in [0.3, 0.4) is 0 Å². The average molecular weight is 343 g/mol. The lowest BCUT2D eigenvalue weighted by molar-refractivity contribution is -0.161. The number of hydrogen-bond acceptors (Lipinski definition) is 4. The van der Waals surface area contributed by atoms with Gasteiger partial charge in [0.05, 0.1) is 25.0 Å². The van der Waals surface area contributed by atoms with Gasteiger partial charge in [-0.05, 0) is 25.7 Å². The molecule has 0 aromatic rings. The molecule has 0 N–H and O–H groups in total. The van der Waals surface area contributed by atoms with Gasteiger partial charge in [0, 0.05) is 0 Å². The summed E-state index contributed by atoms with van der Waals surface area (Å²) in [4.78, 5) is 25.0. The van der Waals surface area contributed by atoms with Gasteiger partial charge in [0.15, 0.2) is 0 Å². The molecule has 0 rings (SSSR count). The first kappa shape index (κ1) is 22.9. The van der Waals surface area contributed by atoms with E-state index in [1.54, 1.807) is 0 Å². The number of esters is 2. The second kappa shape index (κ2) is 15.5. The Balaban J connectivity index is 5.02. The second-order valence-corrected chi connectivity index (χ2v) is 6.54. The highest BCUT2D eigenvalue weighted by molar-refractivity contribution is 5.82. The van der Waals surface area contributed by atoms with Crippen LogP contribution in [0.2, 0.25) is 0 Å².